The van der Waals surface area contributed by atoms with E-state index in [0.29, 0.717) is 18.1 Å². The molecule has 1 heterocycles. The summed E-state index contributed by atoms with van der Waals surface area (Å²) in [6, 6.07) is 13.4. The fraction of sp³-hybridized carbons (Fsp3) is 0.227. The number of benzene rings is 2. The fourth-order valence-electron chi connectivity index (χ4n) is 2.84. The first-order valence-electron chi connectivity index (χ1n) is 9.32. The van der Waals surface area contributed by atoms with Crippen molar-refractivity contribution in [2.24, 2.45) is 0 Å². The van der Waals surface area contributed by atoms with Gasteiger partial charge >= 0.3 is 0 Å². The predicted octanol–water partition coefficient (Wildman–Crippen LogP) is 4.74. The molecule has 0 aliphatic carbocycles. The fourth-order valence-corrected chi connectivity index (χ4v) is 2.84. The first-order valence-corrected chi connectivity index (χ1v) is 9.32. The molecule has 2 aromatic carbocycles. The van der Waals surface area contributed by atoms with E-state index in [4.69, 9.17) is 4.74 Å². The number of rotatable bonds is 7. The van der Waals surface area contributed by atoms with E-state index in [1.165, 1.54) is 11.8 Å². The number of carbonyl (C=O) groups is 1. The van der Waals surface area contributed by atoms with Gasteiger partial charge in [-0.05, 0) is 55.7 Å². The van der Waals surface area contributed by atoms with E-state index in [1.807, 2.05) is 38.1 Å². The van der Waals surface area contributed by atoms with Gasteiger partial charge < -0.3 is 15.4 Å². The van der Waals surface area contributed by atoms with Crippen LogP contribution in [0, 0.1) is 6.92 Å². The summed E-state index contributed by atoms with van der Waals surface area (Å²) in [6.07, 6.45) is 3.95. The number of nitrogens with zero attached hydrogens (tertiary/aromatic N) is 2. The third-order valence-electron chi connectivity index (χ3n) is 4.30. The highest BCUT2D eigenvalue weighted by Crippen LogP contribution is 2.24. The zero-order chi connectivity index (χ0) is 19.9. The van der Waals surface area contributed by atoms with Gasteiger partial charge in [-0.3, -0.25) is 4.79 Å². The van der Waals surface area contributed by atoms with Crippen molar-refractivity contribution in [1.82, 2.24) is 9.97 Å². The summed E-state index contributed by atoms with van der Waals surface area (Å²) in [4.78, 5) is 21.0. The summed E-state index contributed by atoms with van der Waals surface area (Å²) in [5.74, 6) is 1.05. The van der Waals surface area contributed by atoms with Crippen molar-refractivity contribution in [3.63, 3.8) is 0 Å². The number of nitrogens with one attached hydrogen (secondary N) is 2. The molecule has 0 fully saturated rings. The number of carbonyl (C=O) groups excluding carboxylic acids is 1. The molecule has 3 rings (SSSR count). The van der Waals surface area contributed by atoms with Crippen LogP contribution in [-0.2, 0) is 6.42 Å². The lowest BCUT2D eigenvalue weighted by molar-refractivity contribution is 0.102. The highest BCUT2D eigenvalue weighted by atomic mass is 16.5. The van der Waals surface area contributed by atoms with Crippen LogP contribution in [0.3, 0.4) is 0 Å². The monoisotopic (exact) mass is 376 g/mol. The van der Waals surface area contributed by atoms with E-state index >= 15 is 0 Å². The summed E-state index contributed by atoms with van der Waals surface area (Å²) in [5, 5.41) is 6.11. The lowest BCUT2D eigenvalue weighted by Crippen LogP contribution is -2.14. The molecule has 6 nitrogen and oxygen atoms in total. The topological polar surface area (TPSA) is 76.1 Å². The molecule has 0 atom stereocenters. The van der Waals surface area contributed by atoms with Crippen LogP contribution in [0.1, 0.15) is 35.5 Å². The highest BCUT2D eigenvalue weighted by Gasteiger charge is 2.10. The van der Waals surface area contributed by atoms with Crippen molar-refractivity contribution in [2.45, 2.75) is 27.2 Å². The van der Waals surface area contributed by atoms with Crippen LogP contribution in [-0.4, -0.2) is 22.5 Å². The lowest BCUT2D eigenvalue weighted by Gasteiger charge is -2.13. The van der Waals surface area contributed by atoms with Gasteiger partial charge in [0, 0.05) is 11.4 Å². The summed E-state index contributed by atoms with van der Waals surface area (Å²) < 4.78 is 5.40. The summed E-state index contributed by atoms with van der Waals surface area (Å²) in [5.41, 5.74) is 4.30. The Morgan fingerprint density at radius 1 is 1.04 bits per heavy atom. The molecule has 0 aliphatic rings. The minimum atomic E-state index is -0.312. The maximum atomic E-state index is 12.4. The van der Waals surface area contributed by atoms with E-state index in [1.54, 1.807) is 18.3 Å². The largest absolute Gasteiger partial charge is 0.494 e. The normalized spacial score (nSPS) is 10.4. The predicted molar refractivity (Wildman–Crippen MR) is 111 cm³/mol. The summed E-state index contributed by atoms with van der Waals surface area (Å²) in [7, 11) is 0. The molecule has 144 valence electrons. The molecule has 0 radical (unpaired) electrons. The maximum absolute atomic E-state index is 12.4. The number of hydrogen-bond donors (Lipinski definition) is 2. The molecule has 6 heteroatoms. The molecule has 0 saturated carbocycles. The minimum Gasteiger partial charge on any atom is -0.494 e. The lowest BCUT2D eigenvalue weighted by atomic mass is 10.1. The second kappa shape index (κ2) is 8.99. The van der Waals surface area contributed by atoms with Crippen LogP contribution >= 0.6 is 0 Å². The summed E-state index contributed by atoms with van der Waals surface area (Å²) in [6.45, 7) is 6.69. The molecule has 2 N–H and O–H groups in total. The molecule has 1 amide bonds. The molecule has 0 unspecified atom stereocenters. The average Bonchev–Trinajstić information content (AvgIpc) is 2.71. The number of anilines is 3. The second-order valence-corrected chi connectivity index (χ2v) is 6.29. The first kappa shape index (κ1) is 19.4. The quantitative estimate of drug-likeness (QED) is 0.623. The SMILES string of the molecule is CCOc1ccc(NC(=O)c2cnc(Nc3c(C)cccc3CC)cn2)cc1. The van der Waals surface area contributed by atoms with E-state index < -0.39 is 0 Å². The van der Waals surface area contributed by atoms with Crippen molar-refractivity contribution >= 4 is 23.1 Å². The van der Waals surface area contributed by atoms with E-state index in [2.05, 4.69) is 33.6 Å². The van der Waals surface area contributed by atoms with Gasteiger partial charge in [-0.1, -0.05) is 25.1 Å². The molecule has 28 heavy (non-hydrogen) atoms. The number of para-hydroxylation sites is 1. The molecule has 0 aliphatic heterocycles. The molecule has 1 aromatic heterocycles. The Balaban J connectivity index is 1.68. The number of aromatic nitrogens is 2. The van der Waals surface area contributed by atoms with Gasteiger partial charge in [0.2, 0.25) is 0 Å². The number of aryl methyl sites for hydroxylation is 2. The third kappa shape index (κ3) is 4.65. The van der Waals surface area contributed by atoms with E-state index in [0.717, 1.165) is 23.4 Å². The zero-order valence-electron chi connectivity index (χ0n) is 16.3. The molecule has 0 saturated heterocycles. The Hall–Kier alpha value is -3.41. The third-order valence-corrected chi connectivity index (χ3v) is 4.30. The van der Waals surface area contributed by atoms with Gasteiger partial charge in [0.15, 0.2) is 0 Å². The van der Waals surface area contributed by atoms with Crippen LogP contribution in [0.4, 0.5) is 17.2 Å². The number of hydrogen-bond acceptors (Lipinski definition) is 5. The Morgan fingerprint density at radius 2 is 1.82 bits per heavy atom. The average molecular weight is 376 g/mol. The van der Waals surface area contributed by atoms with E-state index in [-0.39, 0.29) is 11.6 Å². The Kier molecular flexibility index (Phi) is 6.22. The van der Waals surface area contributed by atoms with Gasteiger partial charge in [0.1, 0.15) is 17.3 Å². The van der Waals surface area contributed by atoms with Crippen LogP contribution in [0.5, 0.6) is 5.75 Å². The molecular weight excluding hydrogens is 352 g/mol. The van der Waals surface area contributed by atoms with Crippen molar-refractivity contribution in [1.29, 1.82) is 0 Å². The Labute approximate surface area is 165 Å². The van der Waals surface area contributed by atoms with Gasteiger partial charge in [-0.25, -0.2) is 9.97 Å². The van der Waals surface area contributed by atoms with Crippen molar-refractivity contribution in [2.75, 3.05) is 17.2 Å². The Morgan fingerprint density at radius 3 is 2.46 bits per heavy atom. The molecule has 0 spiro atoms. The maximum Gasteiger partial charge on any atom is 0.275 e. The zero-order valence-corrected chi connectivity index (χ0v) is 16.3. The van der Waals surface area contributed by atoms with Crippen molar-refractivity contribution < 1.29 is 9.53 Å². The first-order chi connectivity index (χ1) is 13.6. The highest BCUT2D eigenvalue weighted by molar-refractivity contribution is 6.02. The van der Waals surface area contributed by atoms with Crippen LogP contribution in [0.2, 0.25) is 0 Å². The molecule has 3 aromatic rings. The summed E-state index contributed by atoms with van der Waals surface area (Å²) >= 11 is 0. The van der Waals surface area contributed by atoms with Gasteiger partial charge in [-0.2, -0.15) is 0 Å². The van der Waals surface area contributed by atoms with Gasteiger partial charge in [0.05, 0.1) is 19.0 Å². The van der Waals surface area contributed by atoms with Crippen LogP contribution in [0.25, 0.3) is 0 Å². The van der Waals surface area contributed by atoms with Gasteiger partial charge in [-0.15, -0.1) is 0 Å². The van der Waals surface area contributed by atoms with E-state index in [9.17, 15) is 4.79 Å². The van der Waals surface area contributed by atoms with Crippen LogP contribution < -0.4 is 15.4 Å². The van der Waals surface area contributed by atoms with Crippen molar-refractivity contribution in [3.8, 4) is 5.75 Å². The Bertz CT molecular complexity index is 938. The number of amides is 1. The van der Waals surface area contributed by atoms with Gasteiger partial charge in [0.25, 0.3) is 5.91 Å². The standard InChI is InChI=1S/C22H24N4O2/c1-4-16-8-6-7-15(3)21(16)26-20-14-23-19(13-24-20)22(27)25-17-9-11-18(12-10-17)28-5-2/h6-14H,4-5H2,1-3H3,(H,24,26)(H,25,27). The van der Waals surface area contributed by atoms with Crippen molar-refractivity contribution in [3.05, 3.63) is 71.7 Å². The minimum absolute atomic E-state index is 0.250. The smallest absolute Gasteiger partial charge is 0.275 e. The molecular formula is C22H24N4O2. The second-order valence-electron chi connectivity index (χ2n) is 6.29. The molecule has 0 bridgehead atoms. The van der Waals surface area contributed by atoms with Crippen LogP contribution in [0.15, 0.2) is 54.9 Å². The number of ether oxygens (including phenoxy) is 1.